The molecule has 4 rings (SSSR count). The molecule has 1 aliphatic heterocycles. The molecule has 1 aliphatic carbocycles. The number of hydrogen-bond donors (Lipinski definition) is 2. The van der Waals surface area contributed by atoms with Crippen molar-refractivity contribution in [2.45, 2.75) is 19.9 Å². The first-order valence-electron chi connectivity index (χ1n) is 9.03. The highest BCUT2D eigenvalue weighted by Crippen LogP contribution is 2.33. The minimum absolute atomic E-state index is 0.0693. The molecular weight excluding hydrogens is 358 g/mol. The Hall–Kier alpha value is -2.85. The number of H-pyrrole nitrogens is 1. The molecule has 2 aromatic rings. The van der Waals surface area contributed by atoms with Gasteiger partial charge in [-0.3, -0.25) is 9.79 Å². The molecule has 0 bridgehead atoms. The second-order valence-electron chi connectivity index (χ2n) is 6.58. The Morgan fingerprint density at radius 2 is 2.07 bits per heavy atom. The molecule has 1 amide bonds. The van der Waals surface area contributed by atoms with Crippen LogP contribution in [0.4, 0.5) is 0 Å². The van der Waals surface area contributed by atoms with Gasteiger partial charge in [0.1, 0.15) is 0 Å². The van der Waals surface area contributed by atoms with E-state index < -0.39 is 0 Å². The quantitative estimate of drug-likeness (QED) is 0.777. The van der Waals surface area contributed by atoms with E-state index in [4.69, 9.17) is 11.6 Å². The minimum atomic E-state index is -0.0993. The van der Waals surface area contributed by atoms with E-state index in [1.165, 1.54) is 0 Å². The van der Waals surface area contributed by atoms with Gasteiger partial charge in [0.15, 0.2) is 0 Å². The average molecular weight is 378 g/mol. The molecule has 0 saturated carbocycles. The van der Waals surface area contributed by atoms with Gasteiger partial charge < -0.3 is 10.3 Å². The molecule has 2 aliphatic rings. The van der Waals surface area contributed by atoms with Crippen molar-refractivity contribution in [3.63, 3.8) is 0 Å². The van der Waals surface area contributed by atoms with Crippen molar-refractivity contribution in [2.75, 3.05) is 0 Å². The van der Waals surface area contributed by atoms with Crippen molar-refractivity contribution < 1.29 is 4.79 Å². The van der Waals surface area contributed by atoms with E-state index in [0.29, 0.717) is 18.0 Å². The monoisotopic (exact) mass is 377 g/mol. The molecule has 1 atom stereocenters. The zero-order valence-electron chi connectivity index (χ0n) is 15.0. The summed E-state index contributed by atoms with van der Waals surface area (Å²) in [5.41, 5.74) is 5.66. The molecule has 2 heterocycles. The van der Waals surface area contributed by atoms with Crippen molar-refractivity contribution >= 4 is 23.2 Å². The first kappa shape index (κ1) is 17.6. The summed E-state index contributed by atoms with van der Waals surface area (Å²) in [6, 6.07) is 12.2. The van der Waals surface area contributed by atoms with E-state index >= 15 is 0 Å². The summed E-state index contributed by atoms with van der Waals surface area (Å²) < 4.78 is 0. The van der Waals surface area contributed by atoms with Crippen LogP contribution in [0.5, 0.6) is 0 Å². The summed E-state index contributed by atoms with van der Waals surface area (Å²) in [5.74, 6) is -0.169. The van der Waals surface area contributed by atoms with E-state index in [-0.39, 0.29) is 11.8 Å². The van der Waals surface area contributed by atoms with Crippen molar-refractivity contribution in [3.05, 3.63) is 82.7 Å². The zero-order chi connectivity index (χ0) is 18.8. The van der Waals surface area contributed by atoms with Crippen LogP contribution in [-0.2, 0) is 11.3 Å². The van der Waals surface area contributed by atoms with Gasteiger partial charge in [0, 0.05) is 23.5 Å². The topological polar surface area (TPSA) is 57.2 Å². The van der Waals surface area contributed by atoms with Gasteiger partial charge in [0.2, 0.25) is 5.91 Å². The molecule has 4 nitrogen and oxygen atoms in total. The van der Waals surface area contributed by atoms with Crippen molar-refractivity contribution in [1.29, 1.82) is 0 Å². The Bertz CT molecular complexity index is 979. The largest absolute Gasteiger partial charge is 0.361 e. The van der Waals surface area contributed by atoms with Crippen LogP contribution in [0.2, 0.25) is 0 Å². The van der Waals surface area contributed by atoms with Gasteiger partial charge in [-0.15, -0.1) is 0 Å². The molecular formula is C22H20ClN3O. The molecule has 0 saturated heterocycles. The first-order valence-corrected chi connectivity index (χ1v) is 9.41. The molecule has 0 spiro atoms. The fourth-order valence-electron chi connectivity index (χ4n) is 3.44. The maximum absolute atomic E-state index is 12.8. The number of halogens is 1. The summed E-state index contributed by atoms with van der Waals surface area (Å²) in [7, 11) is 0. The Morgan fingerprint density at radius 3 is 2.78 bits per heavy atom. The normalized spacial score (nSPS) is 18.2. The van der Waals surface area contributed by atoms with Crippen molar-refractivity contribution in [2.24, 2.45) is 10.9 Å². The fraction of sp³-hybridized carbons (Fsp3) is 0.182. The Balaban J connectivity index is 1.44. The van der Waals surface area contributed by atoms with Gasteiger partial charge in [-0.2, -0.15) is 0 Å². The van der Waals surface area contributed by atoms with Crippen LogP contribution in [0, 0.1) is 5.92 Å². The van der Waals surface area contributed by atoms with Crippen LogP contribution in [-0.4, -0.2) is 16.6 Å². The molecule has 0 radical (unpaired) electrons. The Kier molecular flexibility index (Phi) is 4.82. The third kappa shape index (κ3) is 3.53. The van der Waals surface area contributed by atoms with E-state index in [1.807, 2.05) is 55.6 Å². The van der Waals surface area contributed by atoms with Crippen molar-refractivity contribution in [3.8, 4) is 11.3 Å². The van der Waals surface area contributed by atoms with Crippen LogP contribution in [0.25, 0.3) is 11.3 Å². The second kappa shape index (κ2) is 7.41. The van der Waals surface area contributed by atoms with Gasteiger partial charge in [0.05, 0.1) is 22.9 Å². The number of carbonyl (C=O) groups is 1. The number of nitrogens with zero attached hydrogens (tertiary/aromatic N) is 1. The van der Waals surface area contributed by atoms with E-state index in [1.54, 1.807) is 0 Å². The average Bonchev–Trinajstić information content (AvgIpc) is 3.33. The number of amides is 1. The third-order valence-corrected chi connectivity index (χ3v) is 5.07. The van der Waals surface area contributed by atoms with Gasteiger partial charge in [-0.25, -0.2) is 0 Å². The summed E-state index contributed by atoms with van der Waals surface area (Å²) >= 11 is 6.06. The maximum atomic E-state index is 12.8. The highest BCUT2D eigenvalue weighted by Gasteiger charge is 2.32. The molecule has 5 heteroatoms. The van der Waals surface area contributed by atoms with Crippen LogP contribution in [0.1, 0.15) is 18.9 Å². The van der Waals surface area contributed by atoms with E-state index in [0.717, 1.165) is 33.8 Å². The van der Waals surface area contributed by atoms with Crippen LogP contribution in [0.15, 0.2) is 82.1 Å². The standard InChI is InChI=1S/C22H20ClN3O/c1-2-18-21(17-10-9-16(23)12-20(17)26-18)22(27)25-13-14-5-7-15(8-6-14)19-4-3-11-24-19/h3-12,17,24H,2,13H2,1H3,(H,25,27). The van der Waals surface area contributed by atoms with Crippen LogP contribution < -0.4 is 5.32 Å². The van der Waals surface area contributed by atoms with Gasteiger partial charge in [-0.05, 0) is 41.8 Å². The molecule has 1 aromatic carbocycles. The summed E-state index contributed by atoms with van der Waals surface area (Å²) in [6.07, 6.45) is 8.23. The lowest BCUT2D eigenvalue weighted by atomic mass is 9.90. The minimum Gasteiger partial charge on any atom is -0.361 e. The van der Waals surface area contributed by atoms with Gasteiger partial charge in [0.25, 0.3) is 0 Å². The lowest BCUT2D eigenvalue weighted by molar-refractivity contribution is -0.117. The smallest absolute Gasteiger partial charge is 0.250 e. The molecule has 136 valence electrons. The predicted octanol–water partition coefficient (Wildman–Crippen LogP) is 4.73. The number of hydrogen-bond acceptors (Lipinski definition) is 2. The number of aromatic nitrogens is 1. The summed E-state index contributed by atoms with van der Waals surface area (Å²) in [4.78, 5) is 20.6. The third-order valence-electron chi connectivity index (χ3n) is 4.83. The highest BCUT2D eigenvalue weighted by molar-refractivity contribution is 6.34. The molecule has 2 N–H and O–H groups in total. The lowest BCUT2D eigenvalue weighted by Gasteiger charge is -2.15. The molecule has 1 unspecified atom stereocenters. The second-order valence-corrected chi connectivity index (χ2v) is 7.02. The van der Waals surface area contributed by atoms with Gasteiger partial charge in [-0.1, -0.05) is 48.9 Å². The fourth-order valence-corrected chi connectivity index (χ4v) is 3.62. The Labute approximate surface area is 163 Å². The van der Waals surface area contributed by atoms with Gasteiger partial charge >= 0.3 is 0 Å². The Morgan fingerprint density at radius 1 is 1.26 bits per heavy atom. The summed E-state index contributed by atoms with van der Waals surface area (Å²) in [5, 5.41) is 3.68. The zero-order valence-corrected chi connectivity index (χ0v) is 15.8. The lowest BCUT2D eigenvalue weighted by Crippen LogP contribution is -2.29. The number of aliphatic imine (C=N–C) groups is 1. The first-order chi connectivity index (χ1) is 13.2. The maximum Gasteiger partial charge on any atom is 0.250 e. The number of fused-ring (bicyclic) bond motifs is 1. The van der Waals surface area contributed by atoms with Crippen LogP contribution in [0.3, 0.4) is 0 Å². The summed E-state index contributed by atoms with van der Waals surface area (Å²) in [6.45, 7) is 2.49. The van der Waals surface area contributed by atoms with Crippen molar-refractivity contribution in [1.82, 2.24) is 10.3 Å². The molecule has 0 fully saturated rings. The number of rotatable bonds is 5. The molecule has 27 heavy (non-hydrogen) atoms. The molecule has 1 aromatic heterocycles. The SMILES string of the molecule is CCC1=C(C(=O)NCc2ccc(-c3ccc[nH]3)cc2)C2C=CC(Cl)=CC2=N1. The number of allylic oxidation sites excluding steroid dienone is 5. The highest BCUT2D eigenvalue weighted by atomic mass is 35.5. The van der Waals surface area contributed by atoms with Crippen LogP contribution >= 0.6 is 11.6 Å². The van der Waals surface area contributed by atoms with E-state index in [9.17, 15) is 4.79 Å². The number of carbonyl (C=O) groups excluding carboxylic acids is 1. The number of benzene rings is 1. The predicted molar refractivity (Wildman–Crippen MR) is 109 cm³/mol. The number of aromatic amines is 1. The number of nitrogens with one attached hydrogen (secondary N) is 2. The van der Waals surface area contributed by atoms with E-state index in [2.05, 4.69) is 27.4 Å².